The van der Waals surface area contributed by atoms with Gasteiger partial charge in [-0.15, -0.1) is 11.8 Å². The number of anilines is 1. The van der Waals surface area contributed by atoms with Gasteiger partial charge in [0.15, 0.2) is 5.82 Å². The second-order valence-electron chi connectivity index (χ2n) is 2.81. The van der Waals surface area contributed by atoms with E-state index in [0.717, 1.165) is 0 Å². The Morgan fingerprint density at radius 1 is 1.27 bits per heavy atom. The van der Waals surface area contributed by atoms with Gasteiger partial charge < -0.3 is 5.73 Å². The molecule has 15 heavy (non-hydrogen) atoms. The van der Waals surface area contributed by atoms with Gasteiger partial charge in [-0.25, -0.2) is 9.97 Å². The van der Waals surface area contributed by atoms with Gasteiger partial charge in [-0.05, 0) is 12.2 Å². The maximum absolute atomic E-state index is 11.8. The second-order valence-corrected chi connectivity index (χ2v) is 3.90. The van der Waals surface area contributed by atoms with Gasteiger partial charge in [0.2, 0.25) is 0 Å². The van der Waals surface area contributed by atoms with Crippen LogP contribution in [0.4, 0.5) is 19.0 Å². The Hall–Kier alpha value is -0.980. The first-order valence-electron chi connectivity index (χ1n) is 4.25. The zero-order valence-electron chi connectivity index (χ0n) is 7.79. The Bertz CT molecular complexity index is 316. The van der Waals surface area contributed by atoms with Crippen molar-refractivity contribution in [3.05, 3.63) is 12.4 Å². The van der Waals surface area contributed by atoms with Crippen LogP contribution < -0.4 is 5.73 Å². The summed E-state index contributed by atoms with van der Waals surface area (Å²) in [7, 11) is 0. The summed E-state index contributed by atoms with van der Waals surface area (Å²) < 4.78 is 35.4. The lowest BCUT2D eigenvalue weighted by Gasteiger charge is -2.05. The highest BCUT2D eigenvalue weighted by molar-refractivity contribution is 7.99. The van der Waals surface area contributed by atoms with Crippen LogP contribution >= 0.6 is 11.8 Å². The summed E-state index contributed by atoms with van der Waals surface area (Å²) >= 11 is 1.19. The normalized spacial score (nSPS) is 11.7. The standard InChI is InChI=1S/C8H10F3N3S/c9-8(10,11)2-1-5-15-7-6(12)13-3-4-14-7/h3-4H,1-2,5H2,(H2,12,13). The van der Waals surface area contributed by atoms with Gasteiger partial charge >= 0.3 is 6.18 Å². The van der Waals surface area contributed by atoms with Gasteiger partial charge in [0.1, 0.15) is 5.03 Å². The molecular formula is C8H10F3N3S. The van der Waals surface area contributed by atoms with Gasteiger partial charge in [0, 0.05) is 18.8 Å². The molecule has 0 amide bonds. The highest BCUT2D eigenvalue weighted by Gasteiger charge is 2.25. The fraction of sp³-hybridized carbons (Fsp3) is 0.500. The smallest absolute Gasteiger partial charge is 0.381 e. The Kier molecular flexibility index (Phi) is 4.19. The van der Waals surface area contributed by atoms with E-state index < -0.39 is 12.6 Å². The molecule has 3 nitrogen and oxygen atoms in total. The monoisotopic (exact) mass is 237 g/mol. The minimum absolute atomic E-state index is 0.0597. The van der Waals surface area contributed by atoms with E-state index >= 15 is 0 Å². The van der Waals surface area contributed by atoms with Crippen LogP contribution in [0.15, 0.2) is 17.4 Å². The third kappa shape index (κ3) is 4.87. The summed E-state index contributed by atoms with van der Waals surface area (Å²) in [5, 5.41) is 0.486. The highest BCUT2D eigenvalue weighted by Crippen LogP contribution is 2.25. The molecule has 0 aliphatic rings. The average molecular weight is 237 g/mol. The average Bonchev–Trinajstić information content (AvgIpc) is 2.13. The molecule has 1 aromatic rings. The first kappa shape index (κ1) is 12.1. The molecule has 0 radical (unpaired) electrons. The van der Waals surface area contributed by atoms with Crippen LogP contribution in [0.1, 0.15) is 12.8 Å². The SMILES string of the molecule is Nc1nccnc1SCCCC(F)(F)F. The molecule has 0 unspecified atom stereocenters. The molecule has 0 spiro atoms. The van der Waals surface area contributed by atoms with Crippen LogP contribution in [0.3, 0.4) is 0 Å². The quantitative estimate of drug-likeness (QED) is 0.645. The topological polar surface area (TPSA) is 51.8 Å². The zero-order chi connectivity index (χ0) is 11.3. The lowest BCUT2D eigenvalue weighted by molar-refractivity contribution is -0.134. The first-order valence-corrected chi connectivity index (χ1v) is 5.23. The number of thioether (sulfide) groups is 1. The van der Waals surface area contributed by atoms with Crippen molar-refractivity contribution >= 4 is 17.6 Å². The fourth-order valence-electron chi connectivity index (χ4n) is 0.889. The molecule has 84 valence electrons. The van der Waals surface area contributed by atoms with E-state index in [2.05, 4.69) is 9.97 Å². The Morgan fingerprint density at radius 2 is 1.93 bits per heavy atom. The fourth-order valence-corrected chi connectivity index (χ4v) is 1.71. The molecule has 2 N–H and O–H groups in total. The van der Waals surface area contributed by atoms with Crippen LogP contribution in [-0.4, -0.2) is 21.9 Å². The second kappa shape index (κ2) is 5.20. The molecule has 1 heterocycles. The van der Waals surface area contributed by atoms with E-state index in [0.29, 0.717) is 10.8 Å². The van der Waals surface area contributed by atoms with Gasteiger partial charge in [-0.3, -0.25) is 0 Å². The summed E-state index contributed by atoms with van der Waals surface area (Å²) in [6, 6.07) is 0. The molecular weight excluding hydrogens is 227 g/mol. The minimum atomic E-state index is -4.09. The molecule has 1 rings (SSSR count). The molecule has 0 bridgehead atoms. The number of alkyl halides is 3. The zero-order valence-corrected chi connectivity index (χ0v) is 8.61. The van der Waals surface area contributed by atoms with Crippen molar-refractivity contribution in [1.82, 2.24) is 9.97 Å². The number of nitrogen functional groups attached to an aromatic ring is 1. The molecule has 1 aromatic heterocycles. The molecule has 0 aliphatic carbocycles. The molecule has 0 fully saturated rings. The number of hydrogen-bond acceptors (Lipinski definition) is 4. The Balaban J connectivity index is 2.30. The van der Waals surface area contributed by atoms with E-state index in [-0.39, 0.29) is 12.2 Å². The van der Waals surface area contributed by atoms with Crippen LogP contribution in [0.2, 0.25) is 0 Å². The van der Waals surface area contributed by atoms with Gasteiger partial charge in [-0.2, -0.15) is 13.2 Å². The number of hydrogen-bond donors (Lipinski definition) is 1. The van der Waals surface area contributed by atoms with E-state index in [1.54, 1.807) is 0 Å². The molecule has 7 heteroatoms. The largest absolute Gasteiger partial charge is 0.389 e. The number of rotatable bonds is 4. The van der Waals surface area contributed by atoms with Gasteiger partial charge in [-0.1, -0.05) is 0 Å². The summed E-state index contributed by atoms with van der Waals surface area (Å²) in [4.78, 5) is 7.69. The van der Waals surface area contributed by atoms with Crippen molar-refractivity contribution in [1.29, 1.82) is 0 Å². The number of aromatic nitrogens is 2. The maximum atomic E-state index is 11.8. The summed E-state index contributed by atoms with van der Waals surface area (Å²) in [6.45, 7) is 0. The van der Waals surface area contributed by atoms with E-state index in [1.165, 1.54) is 24.2 Å². The predicted octanol–water partition coefficient (Wildman–Crippen LogP) is 2.49. The van der Waals surface area contributed by atoms with Crippen molar-refractivity contribution in [2.45, 2.75) is 24.0 Å². The molecule has 0 saturated carbocycles. The third-order valence-corrected chi connectivity index (χ3v) is 2.62. The van der Waals surface area contributed by atoms with E-state index in [9.17, 15) is 13.2 Å². The summed E-state index contributed by atoms with van der Waals surface area (Å²) in [5.41, 5.74) is 5.47. The van der Waals surface area contributed by atoms with E-state index in [4.69, 9.17) is 5.73 Å². The highest BCUT2D eigenvalue weighted by atomic mass is 32.2. The van der Waals surface area contributed by atoms with Crippen molar-refractivity contribution < 1.29 is 13.2 Å². The predicted molar refractivity (Wildman–Crippen MR) is 52.5 cm³/mol. The lowest BCUT2D eigenvalue weighted by atomic mass is 10.3. The Morgan fingerprint density at radius 3 is 2.53 bits per heavy atom. The molecule has 0 saturated heterocycles. The molecule has 0 aliphatic heterocycles. The lowest BCUT2D eigenvalue weighted by Crippen LogP contribution is -2.07. The number of nitrogens with two attached hydrogens (primary N) is 1. The van der Waals surface area contributed by atoms with Crippen LogP contribution in [-0.2, 0) is 0 Å². The third-order valence-electron chi connectivity index (χ3n) is 1.53. The van der Waals surface area contributed by atoms with Gasteiger partial charge in [0.05, 0.1) is 0 Å². The van der Waals surface area contributed by atoms with Crippen molar-refractivity contribution in [2.24, 2.45) is 0 Å². The van der Waals surface area contributed by atoms with Crippen molar-refractivity contribution in [2.75, 3.05) is 11.5 Å². The minimum Gasteiger partial charge on any atom is -0.381 e. The van der Waals surface area contributed by atoms with Crippen molar-refractivity contribution in [3.63, 3.8) is 0 Å². The number of nitrogens with zero attached hydrogens (tertiary/aromatic N) is 2. The number of halogens is 3. The Labute approximate surface area is 89.3 Å². The maximum Gasteiger partial charge on any atom is 0.389 e. The first-order chi connectivity index (χ1) is 6.99. The summed E-state index contributed by atoms with van der Waals surface area (Å²) in [6.07, 6.45) is -1.91. The van der Waals surface area contributed by atoms with Crippen molar-refractivity contribution in [3.8, 4) is 0 Å². The van der Waals surface area contributed by atoms with Gasteiger partial charge in [0.25, 0.3) is 0 Å². The molecule has 0 atom stereocenters. The molecule has 0 aromatic carbocycles. The van der Waals surface area contributed by atoms with Crippen LogP contribution in [0.25, 0.3) is 0 Å². The van der Waals surface area contributed by atoms with Crippen LogP contribution in [0, 0.1) is 0 Å². The van der Waals surface area contributed by atoms with Crippen LogP contribution in [0.5, 0.6) is 0 Å². The van der Waals surface area contributed by atoms with E-state index in [1.807, 2.05) is 0 Å². The summed E-state index contributed by atoms with van der Waals surface area (Å²) in [5.74, 6) is 0.595.